The predicted octanol–water partition coefficient (Wildman–Crippen LogP) is 10.9. The Morgan fingerprint density at radius 3 is 1.53 bits per heavy atom. The summed E-state index contributed by atoms with van der Waals surface area (Å²) < 4.78 is 25.9. The molecule has 2 aromatic rings. The Hall–Kier alpha value is -0.178. The molecule has 2 aromatic carbocycles. The van der Waals surface area contributed by atoms with E-state index in [0.717, 1.165) is 62.6 Å². The van der Waals surface area contributed by atoms with Crippen molar-refractivity contribution in [3.05, 3.63) is 54.6 Å². The molecule has 8 bridgehead atoms. The minimum absolute atomic E-state index is 0. The first-order valence-electron chi connectivity index (χ1n) is 17.6. The number of hydrogen-bond acceptors (Lipinski definition) is 3. The van der Waals surface area contributed by atoms with Gasteiger partial charge in [-0.15, -0.1) is 59.1 Å². The summed E-state index contributed by atoms with van der Waals surface area (Å²) in [6.45, 7) is 2.45. The van der Waals surface area contributed by atoms with Crippen molar-refractivity contribution in [2.24, 2.45) is 35.5 Å². The van der Waals surface area contributed by atoms with Gasteiger partial charge in [0.2, 0.25) is 0 Å². The van der Waals surface area contributed by atoms with Gasteiger partial charge in [-0.05, 0) is 147 Å². The van der Waals surface area contributed by atoms with Crippen LogP contribution in [0.1, 0.15) is 96.8 Å². The van der Waals surface area contributed by atoms with Crippen LogP contribution in [0.5, 0.6) is 0 Å². The number of benzene rings is 2. The standard InChI is InChI=1S/C24H39P.C12H10N.CH2Cl2.CH4O3S.Pd/c1-2-3-4-25(23-11-17-5-18(12-23)7-19(6-17)13-23)24-14-20-8-21(15-24)10-22(9-20)16-24;13-12-9-5-4-8-11(12)10-6-2-1-3-7-10;2-1-3;1-5(2,3)4;/h17-22H,2-16H2,1H3;1-6,8-9H,13H2;1H2;1H3,(H,2,3,4);/q;-1;;;. The van der Waals surface area contributed by atoms with Gasteiger partial charge in [0, 0.05) is 20.4 Å². The van der Waals surface area contributed by atoms with Crippen molar-refractivity contribution >= 4 is 46.9 Å². The van der Waals surface area contributed by atoms with Gasteiger partial charge in [0.25, 0.3) is 10.1 Å². The third kappa shape index (κ3) is 10.2. The molecule has 8 aliphatic carbocycles. The molecule has 0 amide bonds. The minimum atomic E-state index is -3.67. The van der Waals surface area contributed by atoms with E-state index in [-0.39, 0.29) is 33.7 Å². The molecule has 0 saturated heterocycles. The van der Waals surface area contributed by atoms with Crippen molar-refractivity contribution in [3.8, 4) is 11.1 Å². The summed E-state index contributed by atoms with van der Waals surface area (Å²) >= 11 is 9.53. The minimum Gasteiger partial charge on any atom is -0.406 e. The number of hydrogen-bond donors (Lipinski definition) is 2. The Morgan fingerprint density at radius 1 is 0.809 bits per heavy atom. The van der Waals surface area contributed by atoms with E-state index in [2.05, 4.69) is 13.0 Å². The van der Waals surface area contributed by atoms with Gasteiger partial charge in [-0.3, -0.25) is 4.55 Å². The molecule has 3 N–H and O–H groups in total. The Balaban J connectivity index is 0.000000192. The molecule has 266 valence electrons. The normalized spacial score (nSPS) is 34.4. The first-order valence-corrected chi connectivity index (χ1v) is 22.0. The summed E-state index contributed by atoms with van der Waals surface area (Å²) in [5.74, 6) is 6.95. The average Bonchev–Trinajstić information content (AvgIpc) is 2.96. The molecule has 8 saturated carbocycles. The molecule has 10 rings (SSSR count). The molecule has 0 spiro atoms. The fourth-order valence-corrected chi connectivity index (χ4v) is 16.8. The summed E-state index contributed by atoms with van der Waals surface area (Å²) in [5, 5.41) is 1.95. The van der Waals surface area contributed by atoms with E-state index in [4.69, 9.17) is 33.5 Å². The Bertz CT molecular complexity index is 1260. The molecular formula is C38H55Cl2NO3PPdS-. The zero-order chi connectivity index (χ0) is 33.0. The average molecular weight is 814 g/mol. The number of anilines is 1. The second-order valence-corrected chi connectivity index (χ2v) is 21.0. The van der Waals surface area contributed by atoms with Gasteiger partial charge >= 0.3 is 0 Å². The number of alkyl halides is 2. The van der Waals surface area contributed by atoms with Gasteiger partial charge in [-0.25, -0.2) is 0 Å². The number of halogens is 2. The molecule has 4 nitrogen and oxygen atoms in total. The smallest absolute Gasteiger partial charge is 0.261 e. The van der Waals surface area contributed by atoms with Crippen LogP contribution >= 0.6 is 31.1 Å². The quantitative estimate of drug-likeness (QED) is 0.0760. The fraction of sp³-hybridized carbons (Fsp3) is 0.684. The molecule has 9 heteroatoms. The van der Waals surface area contributed by atoms with Gasteiger partial charge in [0.05, 0.1) is 11.6 Å². The van der Waals surface area contributed by atoms with Gasteiger partial charge in [0.15, 0.2) is 0 Å². The summed E-state index contributed by atoms with van der Waals surface area (Å²) in [5.41, 5.74) is 8.72. The van der Waals surface area contributed by atoms with Crippen LogP contribution in [-0.4, -0.2) is 41.0 Å². The molecule has 0 unspecified atom stereocenters. The van der Waals surface area contributed by atoms with E-state index >= 15 is 0 Å². The maximum Gasteiger partial charge on any atom is 0.261 e. The molecule has 8 aliphatic rings. The zero-order valence-electron chi connectivity index (χ0n) is 28.2. The third-order valence-corrected chi connectivity index (χ3v) is 16.0. The second-order valence-electron chi connectivity index (χ2n) is 15.5. The topological polar surface area (TPSA) is 80.4 Å². The predicted molar refractivity (Wildman–Crippen MR) is 198 cm³/mol. The van der Waals surface area contributed by atoms with E-state index in [1.54, 1.807) is 89.6 Å². The van der Waals surface area contributed by atoms with Crippen molar-refractivity contribution in [2.45, 2.75) is 107 Å². The van der Waals surface area contributed by atoms with E-state index in [0.29, 0.717) is 6.26 Å². The van der Waals surface area contributed by atoms with E-state index in [9.17, 15) is 8.42 Å². The van der Waals surface area contributed by atoms with E-state index < -0.39 is 10.1 Å². The summed E-state index contributed by atoms with van der Waals surface area (Å²) in [6, 6.07) is 18.8. The van der Waals surface area contributed by atoms with Crippen LogP contribution in [0, 0.1) is 41.6 Å². The van der Waals surface area contributed by atoms with Gasteiger partial charge in [-0.1, -0.05) is 45.0 Å². The SMILES string of the molecule is CCCCP(C12CC3CC(CC(C3)C1)C2)C12CC3CC(CC(C3)C1)C2.CS(=O)(=O)O.ClCCl.Nc1ccccc1-c1[c-]cccc1.[Pd]. The maximum atomic E-state index is 9.19. The van der Waals surface area contributed by atoms with Crippen LogP contribution in [0.15, 0.2) is 48.5 Å². The molecule has 0 aromatic heterocycles. The Kier molecular flexibility index (Phi) is 14.6. The largest absolute Gasteiger partial charge is 0.406 e. The number of nitrogen functional groups attached to an aromatic ring is 1. The molecule has 47 heavy (non-hydrogen) atoms. The first kappa shape index (κ1) is 39.6. The second kappa shape index (κ2) is 17.4. The zero-order valence-corrected chi connectivity index (χ0v) is 32.9. The van der Waals surface area contributed by atoms with Crippen LogP contribution in [-0.2, 0) is 30.5 Å². The molecule has 8 fully saturated rings. The number of nitrogens with two attached hydrogens (primary N) is 1. The number of para-hydroxylation sites is 1. The first-order chi connectivity index (χ1) is 22.0. The fourth-order valence-electron chi connectivity index (χ4n) is 11.4. The molecule has 0 radical (unpaired) electrons. The Labute approximate surface area is 310 Å². The molecule has 0 heterocycles. The van der Waals surface area contributed by atoms with Gasteiger partial charge in [0.1, 0.15) is 0 Å². The van der Waals surface area contributed by atoms with Crippen molar-refractivity contribution in [3.63, 3.8) is 0 Å². The monoisotopic (exact) mass is 812 g/mol. The summed E-state index contributed by atoms with van der Waals surface area (Å²) in [6.07, 6.45) is 25.3. The summed E-state index contributed by atoms with van der Waals surface area (Å²) in [4.78, 5) is 0. The van der Waals surface area contributed by atoms with Crippen molar-refractivity contribution in [2.75, 3.05) is 23.5 Å². The van der Waals surface area contributed by atoms with Gasteiger partial charge < -0.3 is 5.73 Å². The van der Waals surface area contributed by atoms with Gasteiger partial charge in [-0.2, -0.15) is 8.42 Å². The van der Waals surface area contributed by atoms with Crippen molar-refractivity contribution in [1.82, 2.24) is 0 Å². The number of unbranched alkanes of at least 4 members (excludes halogenated alkanes) is 1. The van der Waals surface area contributed by atoms with E-state index in [1.807, 2.05) is 48.5 Å². The summed E-state index contributed by atoms with van der Waals surface area (Å²) in [7, 11) is -3.38. The maximum absolute atomic E-state index is 9.19. The molecule has 0 atom stereocenters. The van der Waals surface area contributed by atoms with Crippen molar-refractivity contribution < 1.29 is 33.4 Å². The molecular weight excluding hydrogens is 759 g/mol. The van der Waals surface area contributed by atoms with E-state index in [1.165, 1.54) is 6.42 Å². The van der Waals surface area contributed by atoms with Crippen LogP contribution < -0.4 is 5.73 Å². The van der Waals surface area contributed by atoms with Crippen LogP contribution in [0.4, 0.5) is 5.69 Å². The molecule has 0 aliphatic heterocycles. The van der Waals surface area contributed by atoms with Crippen molar-refractivity contribution in [1.29, 1.82) is 0 Å². The van der Waals surface area contributed by atoms with Crippen LogP contribution in [0.2, 0.25) is 0 Å². The third-order valence-electron chi connectivity index (χ3n) is 11.9. The van der Waals surface area contributed by atoms with Crippen LogP contribution in [0.3, 0.4) is 0 Å². The Morgan fingerprint density at radius 2 is 1.19 bits per heavy atom. The van der Waals surface area contributed by atoms with Crippen LogP contribution in [0.25, 0.3) is 11.1 Å². The number of rotatable bonds is 6.